The van der Waals surface area contributed by atoms with E-state index in [0.29, 0.717) is 0 Å². The third-order valence-corrected chi connectivity index (χ3v) is 4.67. The van der Waals surface area contributed by atoms with Crippen LogP contribution in [0.25, 0.3) is 10.8 Å². The van der Waals surface area contributed by atoms with Gasteiger partial charge in [0.15, 0.2) is 0 Å². The molecule has 0 spiro atoms. The summed E-state index contributed by atoms with van der Waals surface area (Å²) in [6.45, 7) is 0. The summed E-state index contributed by atoms with van der Waals surface area (Å²) in [6, 6.07) is 7.69. The second kappa shape index (κ2) is 4.16. The third kappa shape index (κ3) is 1.77. The minimum atomic E-state index is 0.740. The Labute approximate surface area is 114 Å². The lowest BCUT2D eigenvalue weighted by Crippen LogP contribution is -1.82. The number of fused-ring (bicyclic) bond motifs is 1. The smallest absolute Gasteiger partial charge is 0.0557 e. The first-order valence-corrected chi connectivity index (χ1v) is 6.45. The fourth-order valence-electron chi connectivity index (χ4n) is 1.33. The van der Waals surface area contributed by atoms with Gasteiger partial charge in [0.25, 0.3) is 0 Å². The van der Waals surface area contributed by atoms with Gasteiger partial charge in [-0.3, -0.25) is 0 Å². The molecule has 0 heterocycles. The van der Waals surface area contributed by atoms with Crippen molar-refractivity contribution in [1.29, 1.82) is 0 Å². The summed E-state index contributed by atoms with van der Waals surface area (Å²) in [6.07, 6.45) is 0. The molecule has 72 valence electrons. The fraction of sp³-hybridized carbons (Fsp3) is 0. The third-order valence-electron chi connectivity index (χ3n) is 1.95. The molecule has 0 aromatic heterocycles. The highest BCUT2D eigenvalue weighted by molar-refractivity contribution is 14.1. The Morgan fingerprint density at radius 2 is 1.86 bits per heavy atom. The van der Waals surface area contributed by atoms with E-state index in [1.54, 1.807) is 0 Å². The van der Waals surface area contributed by atoms with Crippen molar-refractivity contribution in [3.05, 3.63) is 42.4 Å². The molecule has 0 aliphatic rings. The maximum atomic E-state index is 6.11. The largest absolute Gasteiger partial charge is 0.0836 e. The van der Waals surface area contributed by atoms with Gasteiger partial charge in [-0.2, -0.15) is 0 Å². The van der Waals surface area contributed by atoms with Crippen LogP contribution in [-0.4, -0.2) is 0 Å². The van der Waals surface area contributed by atoms with Gasteiger partial charge in [0.2, 0.25) is 0 Å². The van der Waals surface area contributed by atoms with Gasteiger partial charge in [-0.05, 0) is 40.1 Å². The number of hydrogen-bond donors (Lipinski definition) is 0. The maximum absolute atomic E-state index is 6.11. The fourth-order valence-corrected chi connectivity index (χ4v) is 3.32. The lowest BCUT2D eigenvalue weighted by Gasteiger charge is -2.06. The van der Waals surface area contributed by atoms with Crippen LogP contribution in [0.3, 0.4) is 0 Å². The van der Waals surface area contributed by atoms with E-state index in [1.165, 1.54) is 0 Å². The molecule has 0 saturated carbocycles. The van der Waals surface area contributed by atoms with Crippen LogP contribution in [0.4, 0.5) is 0 Å². The average Bonchev–Trinajstić information content (AvgIpc) is 2.14. The highest BCUT2D eigenvalue weighted by Crippen LogP contribution is 2.37. The minimum absolute atomic E-state index is 0.740. The van der Waals surface area contributed by atoms with Gasteiger partial charge in [0.05, 0.1) is 5.02 Å². The summed E-state index contributed by atoms with van der Waals surface area (Å²) >= 11 is 17.9. The number of halogens is 4. The Morgan fingerprint density at radius 1 is 1.14 bits per heavy atom. The SMILES string of the molecule is Clc1cc(Br)c2c(Cl)cccc2c1I. The Morgan fingerprint density at radius 3 is 2.57 bits per heavy atom. The van der Waals surface area contributed by atoms with Crippen LogP contribution in [0.15, 0.2) is 28.7 Å². The van der Waals surface area contributed by atoms with Crippen LogP contribution in [-0.2, 0) is 0 Å². The molecule has 2 aromatic rings. The maximum Gasteiger partial charge on any atom is 0.0557 e. The van der Waals surface area contributed by atoms with Crippen LogP contribution in [0.1, 0.15) is 0 Å². The zero-order valence-corrected chi connectivity index (χ0v) is 12.1. The van der Waals surface area contributed by atoms with E-state index in [-0.39, 0.29) is 0 Å². The van der Waals surface area contributed by atoms with Crippen molar-refractivity contribution >= 4 is 72.5 Å². The molecule has 0 aliphatic heterocycles. The van der Waals surface area contributed by atoms with Crippen molar-refractivity contribution in [2.75, 3.05) is 0 Å². The first kappa shape index (κ1) is 11.0. The minimum Gasteiger partial charge on any atom is -0.0836 e. The Balaban J connectivity index is 3.02. The van der Waals surface area contributed by atoms with E-state index in [1.807, 2.05) is 24.3 Å². The van der Waals surface area contributed by atoms with Gasteiger partial charge in [-0.25, -0.2) is 0 Å². The predicted molar refractivity (Wildman–Crippen MR) is 74.4 cm³/mol. The monoisotopic (exact) mass is 400 g/mol. The summed E-state index contributed by atoms with van der Waals surface area (Å²) < 4.78 is 1.97. The first-order chi connectivity index (χ1) is 6.61. The van der Waals surface area contributed by atoms with Crippen molar-refractivity contribution < 1.29 is 0 Å². The lowest BCUT2D eigenvalue weighted by molar-refractivity contribution is 1.67. The number of rotatable bonds is 0. The van der Waals surface area contributed by atoms with Gasteiger partial charge in [-0.1, -0.05) is 51.3 Å². The molecule has 0 aliphatic carbocycles. The van der Waals surface area contributed by atoms with Crippen LogP contribution >= 0.6 is 61.7 Å². The molecule has 14 heavy (non-hydrogen) atoms. The second-order valence-electron chi connectivity index (χ2n) is 2.82. The molecule has 4 heteroatoms. The van der Waals surface area contributed by atoms with E-state index < -0.39 is 0 Å². The summed E-state index contributed by atoms with van der Waals surface area (Å²) in [7, 11) is 0. The number of benzene rings is 2. The molecule has 0 N–H and O–H groups in total. The van der Waals surface area contributed by atoms with Gasteiger partial charge in [0, 0.05) is 18.5 Å². The van der Waals surface area contributed by atoms with E-state index in [4.69, 9.17) is 23.2 Å². The van der Waals surface area contributed by atoms with Crippen molar-refractivity contribution in [1.82, 2.24) is 0 Å². The van der Waals surface area contributed by atoms with E-state index in [2.05, 4.69) is 38.5 Å². The lowest BCUT2D eigenvalue weighted by atomic mass is 10.1. The van der Waals surface area contributed by atoms with Gasteiger partial charge < -0.3 is 0 Å². The Bertz CT molecular complexity index is 511. The molecule has 0 amide bonds. The Hall–Kier alpha value is 0.490. The summed E-state index contributed by atoms with van der Waals surface area (Å²) in [5.74, 6) is 0. The van der Waals surface area contributed by atoms with Crippen molar-refractivity contribution in [3.63, 3.8) is 0 Å². The Kier molecular flexibility index (Phi) is 3.27. The molecule has 0 saturated heterocycles. The van der Waals surface area contributed by atoms with Gasteiger partial charge >= 0.3 is 0 Å². The molecule has 0 nitrogen and oxygen atoms in total. The standard InChI is InChI=1S/C10H4BrCl2I/c11-6-4-8(13)10(14)5-2-1-3-7(12)9(5)6/h1-4H. The van der Waals surface area contributed by atoms with Gasteiger partial charge in [0.1, 0.15) is 0 Å². The molecule has 0 fully saturated rings. The molecular weight excluding hydrogens is 398 g/mol. The molecule has 0 atom stereocenters. The molecule has 2 rings (SSSR count). The average molecular weight is 402 g/mol. The van der Waals surface area contributed by atoms with Crippen LogP contribution < -0.4 is 0 Å². The topological polar surface area (TPSA) is 0 Å². The quantitative estimate of drug-likeness (QED) is 0.403. The van der Waals surface area contributed by atoms with Crippen LogP contribution in [0.2, 0.25) is 10.0 Å². The molecule has 0 bridgehead atoms. The molecule has 2 aromatic carbocycles. The first-order valence-electron chi connectivity index (χ1n) is 3.83. The highest BCUT2D eigenvalue weighted by atomic mass is 127. The summed E-state index contributed by atoms with van der Waals surface area (Å²) in [5, 5.41) is 3.58. The summed E-state index contributed by atoms with van der Waals surface area (Å²) in [4.78, 5) is 0. The van der Waals surface area contributed by atoms with E-state index in [0.717, 1.165) is 28.9 Å². The molecular formula is C10H4BrCl2I. The van der Waals surface area contributed by atoms with Crippen molar-refractivity contribution in [3.8, 4) is 0 Å². The van der Waals surface area contributed by atoms with E-state index >= 15 is 0 Å². The predicted octanol–water partition coefficient (Wildman–Crippen LogP) is 5.51. The molecule has 0 radical (unpaired) electrons. The molecule has 0 unspecified atom stereocenters. The number of hydrogen-bond acceptors (Lipinski definition) is 0. The zero-order valence-electron chi connectivity index (χ0n) is 6.82. The van der Waals surface area contributed by atoms with Crippen LogP contribution in [0.5, 0.6) is 0 Å². The zero-order chi connectivity index (χ0) is 10.3. The van der Waals surface area contributed by atoms with Gasteiger partial charge in [-0.15, -0.1) is 0 Å². The van der Waals surface area contributed by atoms with Crippen molar-refractivity contribution in [2.45, 2.75) is 0 Å². The van der Waals surface area contributed by atoms with Crippen LogP contribution in [0, 0.1) is 3.57 Å². The summed E-state index contributed by atoms with van der Waals surface area (Å²) in [5.41, 5.74) is 0. The van der Waals surface area contributed by atoms with Crippen molar-refractivity contribution in [2.24, 2.45) is 0 Å². The van der Waals surface area contributed by atoms with E-state index in [9.17, 15) is 0 Å². The normalized spacial score (nSPS) is 10.9. The highest BCUT2D eigenvalue weighted by Gasteiger charge is 2.09. The second-order valence-corrected chi connectivity index (χ2v) is 5.56.